The Morgan fingerprint density at radius 1 is 1.31 bits per heavy atom. The third-order valence-corrected chi connectivity index (χ3v) is 2.27. The fourth-order valence-electron chi connectivity index (χ4n) is 1.29. The number of benzene rings is 1. The lowest BCUT2D eigenvalue weighted by Gasteiger charge is -2.11. The Morgan fingerprint density at radius 3 is 2.50 bits per heavy atom. The highest BCUT2D eigenvalue weighted by atomic mass is 16.5. The summed E-state index contributed by atoms with van der Waals surface area (Å²) in [5.41, 5.74) is 7.39. The van der Waals surface area contributed by atoms with Crippen LogP contribution in [0, 0.1) is 11.3 Å². The molecule has 0 heterocycles. The zero-order valence-electron chi connectivity index (χ0n) is 9.57. The van der Waals surface area contributed by atoms with Gasteiger partial charge in [-0.1, -0.05) is 0 Å². The van der Waals surface area contributed by atoms with E-state index in [0.29, 0.717) is 28.3 Å². The first-order chi connectivity index (χ1) is 7.63. The molecule has 84 valence electrons. The minimum atomic E-state index is 0.401. The number of nitrogens with zero attached hydrogens (tertiary/aromatic N) is 1. The van der Waals surface area contributed by atoms with E-state index in [-0.39, 0.29) is 0 Å². The summed E-state index contributed by atoms with van der Waals surface area (Å²) >= 11 is 0. The first-order valence-corrected chi connectivity index (χ1v) is 4.73. The van der Waals surface area contributed by atoms with Crippen LogP contribution in [-0.2, 0) is 0 Å². The van der Waals surface area contributed by atoms with E-state index in [0.717, 1.165) is 0 Å². The van der Waals surface area contributed by atoms with Crippen molar-refractivity contribution in [2.24, 2.45) is 5.73 Å². The summed E-state index contributed by atoms with van der Waals surface area (Å²) in [6.07, 6.45) is 0. The van der Waals surface area contributed by atoms with Gasteiger partial charge in [0.2, 0.25) is 0 Å². The van der Waals surface area contributed by atoms with Gasteiger partial charge in [0.25, 0.3) is 0 Å². The molecule has 0 amide bonds. The fourth-order valence-corrected chi connectivity index (χ4v) is 1.29. The maximum absolute atomic E-state index is 8.80. The molecule has 1 aromatic carbocycles. The second-order valence-corrected chi connectivity index (χ2v) is 3.22. The molecule has 0 saturated heterocycles. The van der Waals surface area contributed by atoms with Crippen LogP contribution in [0.5, 0.6) is 11.5 Å². The number of allylic oxidation sites excluding steroid dienone is 1. The highest BCUT2D eigenvalue weighted by Gasteiger charge is 2.09. The van der Waals surface area contributed by atoms with Crippen molar-refractivity contribution >= 4 is 5.70 Å². The van der Waals surface area contributed by atoms with Crippen molar-refractivity contribution in [2.75, 3.05) is 14.2 Å². The maximum Gasteiger partial charge on any atom is 0.128 e. The molecule has 0 bridgehead atoms. The van der Waals surface area contributed by atoms with E-state index in [9.17, 15) is 0 Å². The number of methoxy groups -OCH3 is 2. The van der Waals surface area contributed by atoms with E-state index in [4.69, 9.17) is 20.5 Å². The summed E-state index contributed by atoms with van der Waals surface area (Å²) in [5, 5.41) is 8.80. The summed E-state index contributed by atoms with van der Waals surface area (Å²) < 4.78 is 10.3. The van der Waals surface area contributed by atoms with Gasteiger partial charge < -0.3 is 15.2 Å². The van der Waals surface area contributed by atoms with Crippen molar-refractivity contribution in [1.82, 2.24) is 0 Å². The van der Waals surface area contributed by atoms with Gasteiger partial charge in [-0.3, -0.25) is 0 Å². The first kappa shape index (κ1) is 11.9. The molecule has 0 aromatic heterocycles. The highest BCUT2D eigenvalue weighted by Crippen LogP contribution is 2.28. The standard InChI is InChI=1S/C12H14N2O2/c1-8(7-13)12(14)10-6-9(15-2)4-5-11(10)16-3/h4-6H,14H2,1-3H3/b12-8+. The Hall–Kier alpha value is -2.15. The Balaban J connectivity index is 3.36. The lowest BCUT2D eigenvalue weighted by molar-refractivity contribution is 0.402. The number of hydrogen-bond donors (Lipinski definition) is 1. The minimum Gasteiger partial charge on any atom is -0.497 e. The van der Waals surface area contributed by atoms with Crippen molar-refractivity contribution in [1.29, 1.82) is 5.26 Å². The molecule has 0 aliphatic heterocycles. The van der Waals surface area contributed by atoms with Gasteiger partial charge in [-0.25, -0.2) is 0 Å². The number of ether oxygens (including phenoxy) is 2. The molecule has 1 aromatic rings. The third kappa shape index (κ3) is 2.26. The first-order valence-electron chi connectivity index (χ1n) is 4.73. The molecule has 1 rings (SSSR count). The van der Waals surface area contributed by atoms with E-state index in [1.165, 1.54) is 0 Å². The summed E-state index contributed by atoms with van der Waals surface area (Å²) in [6.45, 7) is 1.66. The van der Waals surface area contributed by atoms with Crippen LogP contribution in [0.2, 0.25) is 0 Å². The zero-order chi connectivity index (χ0) is 12.1. The summed E-state index contributed by atoms with van der Waals surface area (Å²) in [6, 6.07) is 7.29. The van der Waals surface area contributed by atoms with Gasteiger partial charge in [-0.2, -0.15) is 5.26 Å². The largest absolute Gasteiger partial charge is 0.497 e. The van der Waals surface area contributed by atoms with Crippen LogP contribution in [-0.4, -0.2) is 14.2 Å². The van der Waals surface area contributed by atoms with Crippen LogP contribution in [0.4, 0.5) is 0 Å². The number of hydrogen-bond acceptors (Lipinski definition) is 4. The van der Waals surface area contributed by atoms with E-state index >= 15 is 0 Å². The molecule has 2 N–H and O–H groups in total. The van der Waals surface area contributed by atoms with Crippen molar-refractivity contribution in [3.8, 4) is 17.6 Å². The average Bonchev–Trinajstić information content (AvgIpc) is 2.35. The fraction of sp³-hybridized carbons (Fsp3) is 0.250. The van der Waals surface area contributed by atoms with Gasteiger partial charge in [0.1, 0.15) is 11.5 Å². The maximum atomic E-state index is 8.80. The van der Waals surface area contributed by atoms with Crippen LogP contribution in [0.25, 0.3) is 5.70 Å². The minimum absolute atomic E-state index is 0.401. The predicted molar refractivity (Wildman–Crippen MR) is 61.9 cm³/mol. The van der Waals surface area contributed by atoms with E-state index in [2.05, 4.69) is 0 Å². The van der Waals surface area contributed by atoms with Crippen LogP contribution < -0.4 is 15.2 Å². The second-order valence-electron chi connectivity index (χ2n) is 3.22. The normalized spacial score (nSPS) is 11.4. The Labute approximate surface area is 94.9 Å². The predicted octanol–water partition coefficient (Wildman–Crippen LogP) is 1.92. The highest BCUT2D eigenvalue weighted by molar-refractivity contribution is 5.73. The molecular formula is C12H14N2O2. The quantitative estimate of drug-likeness (QED) is 0.787. The summed E-state index contributed by atoms with van der Waals surface area (Å²) in [4.78, 5) is 0. The van der Waals surface area contributed by atoms with Gasteiger partial charge >= 0.3 is 0 Å². The Kier molecular flexibility index (Phi) is 3.78. The van der Waals surface area contributed by atoms with Gasteiger partial charge in [-0.15, -0.1) is 0 Å². The molecule has 16 heavy (non-hydrogen) atoms. The van der Waals surface area contributed by atoms with Crippen LogP contribution in [0.3, 0.4) is 0 Å². The molecule has 0 aliphatic rings. The summed E-state index contributed by atoms with van der Waals surface area (Å²) in [5.74, 6) is 1.29. The Bertz CT molecular complexity index is 459. The molecule has 0 fully saturated rings. The lowest BCUT2D eigenvalue weighted by atomic mass is 10.1. The topological polar surface area (TPSA) is 68.3 Å². The second kappa shape index (κ2) is 5.08. The molecule has 0 saturated carbocycles. The lowest BCUT2D eigenvalue weighted by Crippen LogP contribution is -2.02. The SMILES string of the molecule is COc1ccc(OC)c(/C(N)=C(/C)C#N)c1. The van der Waals surface area contributed by atoms with Crippen LogP contribution in [0.1, 0.15) is 12.5 Å². The molecule has 0 atom stereocenters. The van der Waals surface area contributed by atoms with Crippen molar-refractivity contribution in [3.63, 3.8) is 0 Å². The summed E-state index contributed by atoms with van der Waals surface area (Å²) in [7, 11) is 3.13. The number of nitriles is 1. The molecule has 4 nitrogen and oxygen atoms in total. The number of nitrogens with two attached hydrogens (primary N) is 1. The molecule has 0 radical (unpaired) electrons. The van der Waals surface area contributed by atoms with Gasteiger partial charge in [-0.05, 0) is 25.1 Å². The molecule has 0 unspecified atom stereocenters. The van der Waals surface area contributed by atoms with Crippen molar-refractivity contribution in [2.45, 2.75) is 6.92 Å². The van der Waals surface area contributed by atoms with Gasteiger partial charge in [0, 0.05) is 5.56 Å². The molecule has 0 spiro atoms. The monoisotopic (exact) mass is 218 g/mol. The average molecular weight is 218 g/mol. The third-order valence-electron chi connectivity index (χ3n) is 2.27. The van der Waals surface area contributed by atoms with Crippen LogP contribution >= 0.6 is 0 Å². The molecule has 0 aliphatic carbocycles. The Morgan fingerprint density at radius 2 is 2.00 bits per heavy atom. The van der Waals surface area contributed by atoms with Gasteiger partial charge in [0.15, 0.2) is 0 Å². The zero-order valence-corrected chi connectivity index (χ0v) is 9.57. The van der Waals surface area contributed by atoms with Crippen molar-refractivity contribution in [3.05, 3.63) is 29.3 Å². The van der Waals surface area contributed by atoms with Crippen LogP contribution in [0.15, 0.2) is 23.8 Å². The molecule has 4 heteroatoms. The smallest absolute Gasteiger partial charge is 0.128 e. The molecular weight excluding hydrogens is 204 g/mol. The van der Waals surface area contributed by atoms with E-state index in [1.807, 2.05) is 6.07 Å². The van der Waals surface area contributed by atoms with Gasteiger partial charge in [0.05, 0.1) is 31.6 Å². The van der Waals surface area contributed by atoms with Crippen molar-refractivity contribution < 1.29 is 9.47 Å². The number of rotatable bonds is 3. The van der Waals surface area contributed by atoms with E-state index in [1.54, 1.807) is 39.3 Å². The van der Waals surface area contributed by atoms with E-state index < -0.39 is 0 Å².